The van der Waals surface area contributed by atoms with E-state index in [0.29, 0.717) is 12.0 Å². The summed E-state index contributed by atoms with van der Waals surface area (Å²) in [6, 6.07) is 6.33. The molecule has 0 radical (unpaired) electrons. The van der Waals surface area contributed by atoms with Gasteiger partial charge in [0, 0.05) is 26.2 Å². The van der Waals surface area contributed by atoms with Crippen molar-refractivity contribution in [1.82, 2.24) is 15.1 Å². The summed E-state index contributed by atoms with van der Waals surface area (Å²) in [7, 11) is 0. The van der Waals surface area contributed by atoms with Gasteiger partial charge in [0.15, 0.2) is 0 Å². The molecule has 0 spiro atoms. The van der Waals surface area contributed by atoms with E-state index in [2.05, 4.69) is 49.7 Å². The van der Waals surface area contributed by atoms with E-state index in [9.17, 15) is 9.18 Å². The molecule has 1 aromatic rings. The predicted molar refractivity (Wildman–Crippen MR) is 109 cm³/mol. The molecule has 1 atom stereocenters. The molecule has 4 nitrogen and oxygen atoms in total. The average Bonchev–Trinajstić information content (AvgIpc) is 2.59. The second-order valence-electron chi connectivity index (χ2n) is 9.27. The van der Waals surface area contributed by atoms with Crippen molar-refractivity contribution in [3.63, 3.8) is 0 Å². The maximum Gasteiger partial charge on any atom is 0.234 e. The molecular weight excluding hydrogens is 341 g/mol. The van der Waals surface area contributed by atoms with Crippen LogP contribution in [-0.2, 0) is 4.79 Å². The summed E-state index contributed by atoms with van der Waals surface area (Å²) in [6.07, 6.45) is 1.20. The molecule has 1 N–H and O–H groups in total. The lowest BCUT2D eigenvalue weighted by Gasteiger charge is -2.36. The molecule has 1 saturated heterocycles. The number of hydrogen-bond donors (Lipinski definition) is 1. The smallest absolute Gasteiger partial charge is 0.234 e. The minimum atomic E-state index is -0.253. The SMILES string of the molecule is CC(C)C(NC(=O)CN1CCN(CCC(C)(C)C)CC1)c1ccc(F)cc1. The van der Waals surface area contributed by atoms with E-state index in [1.165, 1.54) is 18.6 Å². The third-order valence-corrected chi connectivity index (χ3v) is 5.22. The van der Waals surface area contributed by atoms with Crippen LogP contribution < -0.4 is 5.32 Å². The lowest BCUT2D eigenvalue weighted by molar-refractivity contribution is -0.123. The molecule has 1 heterocycles. The minimum Gasteiger partial charge on any atom is -0.348 e. The number of piperazine rings is 1. The summed E-state index contributed by atoms with van der Waals surface area (Å²) < 4.78 is 13.2. The number of benzene rings is 1. The number of nitrogens with zero attached hydrogens (tertiary/aromatic N) is 2. The second kappa shape index (κ2) is 9.65. The molecule has 0 aromatic heterocycles. The fraction of sp³-hybridized carbons (Fsp3) is 0.682. The summed E-state index contributed by atoms with van der Waals surface area (Å²) in [4.78, 5) is 17.3. The molecule has 27 heavy (non-hydrogen) atoms. The van der Waals surface area contributed by atoms with Crippen molar-refractivity contribution >= 4 is 5.91 Å². The number of hydrogen-bond acceptors (Lipinski definition) is 3. The third-order valence-electron chi connectivity index (χ3n) is 5.22. The van der Waals surface area contributed by atoms with Crippen molar-refractivity contribution in [2.24, 2.45) is 11.3 Å². The quantitative estimate of drug-likeness (QED) is 0.787. The minimum absolute atomic E-state index is 0.0427. The van der Waals surface area contributed by atoms with E-state index in [0.717, 1.165) is 38.3 Å². The van der Waals surface area contributed by atoms with Gasteiger partial charge >= 0.3 is 0 Å². The van der Waals surface area contributed by atoms with Crippen LogP contribution in [0.3, 0.4) is 0 Å². The standard InChI is InChI=1S/C22H36FN3O/c1-17(2)21(18-6-8-19(23)9-7-18)24-20(27)16-26-14-12-25(13-15-26)11-10-22(3,4)5/h6-9,17,21H,10-16H2,1-5H3,(H,24,27). The first-order valence-electron chi connectivity index (χ1n) is 10.1. The molecule has 0 saturated carbocycles. The van der Waals surface area contributed by atoms with Gasteiger partial charge in [0.05, 0.1) is 12.6 Å². The molecule has 1 aliphatic rings. The van der Waals surface area contributed by atoms with Gasteiger partial charge in [0.2, 0.25) is 5.91 Å². The Labute approximate surface area is 164 Å². The molecule has 2 rings (SSSR count). The zero-order valence-corrected chi connectivity index (χ0v) is 17.6. The Kier molecular flexibility index (Phi) is 7.80. The lowest BCUT2D eigenvalue weighted by Crippen LogP contribution is -2.50. The molecular formula is C22H36FN3O. The summed E-state index contributed by atoms with van der Waals surface area (Å²) in [5.74, 6) is 0.0340. The van der Waals surface area contributed by atoms with Crippen LogP contribution in [0.2, 0.25) is 0 Å². The van der Waals surface area contributed by atoms with Gasteiger partial charge in [-0.3, -0.25) is 9.69 Å². The lowest BCUT2D eigenvalue weighted by atomic mass is 9.92. The highest BCUT2D eigenvalue weighted by atomic mass is 19.1. The van der Waals surface area contributed by atoms with Crippen LogP contribution in [-0.4, -0.2) is 55.0 Å². The first kappa shape index (κ1) is 21.8. The predicted octanol–water partition coefficient (Wildman–Crippen LogP) is 3.69. The largest absolute Gasteiger partial charge is 0.348 e. The topological polar surface area (TPSA) is 35.6 Å². The van der Waals surface area contributed by atoms with Gasteiger partial charge in [-0.05, 0) is 42.0 Å². The van der Waals surface area contributed by atoms with Gasteiger partial charge in [0.25, 0.3) is 0 Å². The third kappa shape index (κ3) is 7.59. The van der Waals surface area contributed by atoms with E-state index in [1.54, 1.807) is 12.1 Å². The number of amides is 1. The summed E-state index contributed by atoms with van der Waals surface area (Å²) in [6.45, 7) is 16.4. The monoisotopic (exact) mass is 377 g/mol. The van der Waals surface area contributed by atoms with Crippen molar-refractivity contribution in [3.8, 4) is 0 Å². The van der Waals surface area contributed by atoms with E-state index < -0.39 is 0 Å². The zero-order chi connectivity index (χ0) is 20.0. The molecule has 1 unspecified atom stereocenters. The molecule has 1 fully saturated rings. The first-order valence-corrected chi connectivity index (χ1v) is 10.1. The van der Waals surface area contributed by atoms with Crippen molar-refractivity contribution in [1.29, 1.82) is 0 Å². The van der Waals surface area contributed by atoms with Crippen LogP contribution in [0.5, 0.6) is 0 Å². The number of carbonyl (C=O) groups is 1. The fourth-order valence-corrected chi connectivity index (χ4v) is 3.39. The van der Waals surface area contributed by atoms with Crippen LogP contribution in [0.25, 0.3) is 0 Å². The normalized spacial score (nSPS) is 17.9. The maximum absolute atomic E-state index is 13.2. The Morgan fingerprint density at radius 2 is 1.63 bits per heavy atom. The van der Waals surface area contributed by atoms with E-state index in [-0.39, 0.29) is 23.7 Å². The van der Waals surface area contributed by atoms with Gasteiger partial charge < -0.3 is 10.2 Å². The Bertz CT molecular complexity index is 587. The molecule has 1 aromatic carbocycles. The zero-order valence-electron chi connectivity index (χ0n) is 17.6. The number of nitrogens with one attached hydrogen (secondary N) is 1. The summed E-state index contributed by atoms with van der Waals surface area (Å²) in [5.41, 5.74) is 1.32. The Hall–Kier alpha value is -1.46. The van der Waals surface area contributed by atoms with Crippen molar-refractivity contribution in [3.05, 3.63) is 35.6 Å². The van der Waals surface area contributed by atoms with Crippen molar-refractivity contribution in [2.75, 3.05) is 39.3 Å². The second-order valence-corrected chi connectivity index (χ2v) is 9.27. The first-order chi connectivity index (χ1) is 12.6. The van der Waals surface area contributed by atoms with Gasteiger partial charge in [-0.2, -0.15) is 0 Å². The van der Waals surface area contributed by atoms with Crippen LogP contribution in [0.4, 0.5) is 4.39 Å². The number of carbonyl (C=O) groups excluding carboxylic acids is 1. The number of rotatable bonds is 7. The Morgan fingerprint density at radius 1 is 1.07 bits per heavy atom. The van der Waals surface area contributed by atoms with Gasteiger partial charge in [-0.15, -0.1) is 0 Å². The molecule has 5 heteroatoms. The van der Waals surface area contributed by atoms with E-state index >= 15 is 0 Å². The highest BCUT2D eigenvalue weighted by molar-refractivity contribution is 5.78. The van der Waals surface area contributed by atoms with Crippen molar-refractivity contribution < 1.29 is 9.18 Å². The highest BCUT2D eigenvalue weighted by Crippen LogP contribution is 2.22. The van der Waals surface area contributed by atoms with Crippen LogP contribution in [0.1, 0.15) is 52.6 Å². The number of halogens is 1. The Balaban J connectivity index is 1.80. The summed E-state index contributed by atoms with van der Waals surface area (Å²) in [5, 5.41) is 3.14. The molecule has 1 amide bonds. The van der Waals surface area contributed by atoms with Crippen LogP contribution in [0.15, 0.2) is 24.3 Å². The van der Waals surface area contributed by atoms with Gasteiger partial charge in [-0.1, -0.05) is 46.8 Å². The van der Waals surface area contributed by atoms with Crippen LogP contribution >= 0.6 is 0 Å². The fourth-order valence-electron chi connectivity index (χ4n) is 3.39. The highest BCUT2D eigenvalue weighted by Gasteiger charge is 2.23. The average molecular weight is 378 g/mol. The van der Waals surface area contributed by atoms with Gasteiger partial charge in [0.1, 0.15) is 5.82 Å². The van der Waals surface area contributed by atoms with Crippen molar-refractivity contribution in [2.45, 2.75) is 47.1 Å². The maximum atomic E-state index is 13.2. The van der Waals surface area contributed by atoms with E-state index in [1.807, 2.05) is 0 Å². The molecule has 0 bridgehead atoms. The summed E-state index contributed by atoms with van der Waals surface area (Å²) >= 11 is 0. The molecule has 1 aliphatic heterocycles. The molecule has 152 valence electrons. The molecule has 0 aliphatic carbocycles. The van der Waals surface area contributed by atoms with E-state index in [4.69, 9.17) is 0 Å². The van der Waals surface area contributed by atoms with Gasteiger partial charge in [-0.25, -0.2) is 4.39 Å². The Morgan fingerprint density at radius 3 is 2.15 bits per heavy atom. The van der Waals surface area contributed by atoms with Crippen LogP contribution in [0, 0.1) is 17.2 Å².